The van der Waals surface area contributed by atoms with E-state index in [1.165, 1.54) is 12.1 Å². The molecule has 1 N–H and O–H groups in total. The average molecular weight is 252 g/mol. The van der Waals surface area contributed by atoms with Gasteiger partial charge in [0.2, 0.25) is 0 Å². The Kier molecular flexibility index (Phi) is 2.71. The molecule has 1 fully saturated rings. The summed E-state index contributed by atoms with van der Waals surface area (Å²) in [7, 11) is 0. The molecule has 1 heterocycles. The zero-order chi connectivity index (χ0) is 13.3. The standard InChI is InChI=1S/C10H8N2O6/c13-8-6-10(12(16)17,9(14)11(8)15)18-7-4-2-1-3-5-7/h1-5,15H,6H2. The number of nitrogens with zero attached hydrogens (tertiary/aromatic N) is 2. The highest BCUT2D eigenvalue weighted by Crippen LogP contribution is 2.29. The molecule has 2 amide bonds. The van der Waals surface area contributed by atoms with Gasteiger partial charge in [-0.05, 0) is 12.1 Å². The van der Waals surface area contributed by atoms with Crippen LogP contribution in [0.4, 0.5) is 0 Å². The molecule has 1 aromatic carbocycles. The number of para-hydroxylation sites is 1. The third kappa shape index (κ3) is 1.68. The van der Waals surface area contributed by atoms with Crippen LogP contribution < -0.4 is 4.74 Å². The Hall–Kier alpha value is -2.48. The summed E-state index contributed by atoms with van der Waals surface area (Å²) in [4.78, 5) is 32.7. The van der Waals surface area contributed by atoms with Crippen molar-refractivity contribution in [2.75, 3.05) is 0 Å². The highest BCUT2D eigenvalue weighted by atomic mass is 16.7. The molecule has 8 nitrogen and oxygen atoms in total. The van der Waals surface area contributed by atoms with Gasteiger partial charge in [-0.25, -0.2) is 0 Å². The Morgan fingerprint density at radius 3 is 2.39 bits per heavy atom. The van der Waals surface area contributed by atoms with Crippen molar-refractivity contribution in [3.05, 3.63) is 40.4 Å². The van der Waals surface area contributed by atoms with Gasteiger partial charge in [-0.2, -0.15) is 0 Å². The first-order valence-corrected chi connectivity index (χ1v) is 4.92. The first kappa shape index (κ1) is 12.0. The fourth-order valence-electron chi connectivity index (χ4n) is 1.58. The van der Waals surface area contributed by atoms with E-state index in [2.05, 4.69) is 0 Å². The van der Waals surface area contributed by atoms with Crippen molar-refractivity contribution < 1.29 is 24.5 Å². The maximum Gasteiger partial charge on any atom is 0.454 e. The first-order chi connectivity index (χ1) is 8.47. The van der Waals surface area contributed by atoms with Crippen LogP contribution in [0.15, 0.2) is 30.3 Å². The van der Waals surface area contributed by atoms with Gasteiger partial charge in [-0.1, -0.05) is 18.2 Å². The lowest BCUT2D eigenvalue weighted by molar-refractivity contribution is -0.593. The molecule has 0 saturated carbocycles. The van der Waals surface area contributed by atoms with Crippen molar-refractivity contribution in [2.45, 2.75) is 12.1 Å². The van der Waals surface area contributed by atoms with Crippen molar-refractivity contribution in [1.82, 2.24) is 5.06 Å². The van der Waals surface area contributed by atoms with E-state index in [4.69, 9.17) is 9.94 Å². The van der Waals surface area contributed by atoms with Gasteiger partial charge in [-0.3, -0.25) is 24.9 Å². The summed E-state index contributed by atoms with van der Waals surface area (Å²) in [6.07, 6.45) is -0.843. The zero-order valence-electron chi connectivity index (χ0n) is 8.98. The van der Waals surface area contributed by atoms with Crippen molar-refractivity contribution in [2.24, 2.45) is 0 Å². The number of benzene rings is 1. The van der Waals surface area contributed by atoms with E-state index in [0.717, 1.165) is 0 Å². The lowest BCUT2D eigenvalue weighted by Crippen LogP contribution is -2.50. The van der Waals surface area contributed by atoms with E-state index >= 15 is 0 Å². The molecule has 0 spiro atoms. The summed E-state index contributed by atoms with van der Waals surface area (Å²) < 4.78 is 5.01. The second kappa shape index (κ2) is 4.08. The number of amides is 2. The van der Waals surface area contributed by atoms with Gasteiger partial charge < -0.3 is 4.74 Å². The normalized spacial score (nSPS) is 23.3. The lowest BCUT2D eigenvalue weighted by atomic mass is 10.2. The lowest BCUT2D eigenvalue weighted by Gasteiger charge is -2.18. The summed E-state index contributed by atoms with van der Waals surface area (Å²) in [5, 5.41) is 19.8. The SMILES string of the molecule is O=C1CC(Oc2ccccc2)([N+](=O)[O-])C(=O)N1O. The van der Waals surface area contributed by atoms with Gasteiger partial charge in [0.05, 0.1) is 4.92 Å². The number of imide groups is 1. The fraction of sp³-hybridized carbons (Fsp3) is 0.200. The van der Waals surface area contributed by atoms with E-state index in [-0.39, 0.29) is 10.8 Å². The maximum atomic E-state index is 11.6. The Morgan fingerprint density at radius 1 is 1.33 bits per heavy atom. The van der Waals surface area contributed by atoms with Crippen LogP contribution in [0.3, 0.4) is 0 Å². The van der Waals surface area contributed by atoms with Crippen molar-refractivity contribution in [1.29, 1.82) is 0 Å². The number of hydrogen-bond acceptors (Lipinski definition) is 6. The first-order valence-electron chi connectivity index (χ1n) is 4.92. The van der Waals surface area contributed by atoms with Gasteiger partial charge in [0, 0.05) is 0 Å². The second-order valence-electron chi connectivity index (χ2n) is 3.64. The third-order valence-corrected chi connectivity index (χ3v) is 2.48. The summed E-state index contributed by atoms with van der Waals surface area (Å²) in [6, 6.07) is 7.58. The number of carbonyl (C=O) groups is 2. The van der Waals surface area contributed by atoms with Crippen LogP contribution in [0.2, 0.25) is 0 Å². The van der Waals surface area contributed by atoms with Crippen LogP contribution in [0.25, 0.3) is 0 Å². The Bertz CT molecular complexity index is 516. The van der Waals surface area contributed by atoms with Crippen LogP contribution in [-0.2, 0) is 9.59 Å². The number of carbonyl (C=O) groups excluding carboxylic acids is 2. The zero-order valence-corrected chi connectivity index (χ0v) is 8.98. The molecule has 1 aromatic rings. The largest absolute Gasteiger partial charge is 0.454 e. The minimum atomic E-state index is -2.59. The van der Waals surface area contributed by atoms with Crippen LogP contribution >= 0.6 is 0 Å². The smallest absolute Gasteiger partial charge is 0.420 e. The van der Waals surface area contributed by atoms with Gasteiger partial charge in [0.15, 0.2) is 0 Å². The number of ether oxygens (including phenoxy) is 1. The van der Waals surface area contributed by atoms with Crippen LogP contribution in [-0.4, -0.2) is 32.7 Å². The molecule has 18 heavy (non-hydrogen) atoms. The number of hydroxylamine groups is 2. The molecular formula is C10H8N2O6. The van der Waals surface area contributed by atoms with Gasteiger partial charge in [-0.15, -0.1) is 5.06 Å². The van der Waals surface area contributed by atoms with Crippen molar-refractivity contribution >= 4 is 11.8 Å². The summed E-state index contributed by atoms with van der Waals surface area (Å²) >= 11 is 0. The minimum Gasteiger partial charge on any atom is -0.420 e. The third-order valence-electron chi connectivity index (χ3n) is 2.48. The Labute approximate surface area is 100 Å². The fourth-order valence-corrected chi connectivity index (χ4v) is 1.58. The number of rotatable bonds is 3. The predicted molar refractivity (Wildman–Crippen MR) is 55.1 cm³/mol. The van der Waals surface area contributed by atoms with Gasteiger partial charge in [0.25, 0.3) is 5.91 Å². The monoisotopic (exact) mass is 252 g/mol. The van der Waals surface area contributed by atoms with Crippen LogP contribution in [0.1, 0.15) is 6.42 Å². The Morgan fingerprint density at radius 2 is 1.94 bits per heavy atom. The van der Waals surface area contributed by atoms with E-state index in [1.54, 1.807) is 18.2 Å². The molecule has 0 bridgehead atoms. The van der Waals surface area contributed by atoms with E-state index in [0.29, 0.717) is 0 Å². The molecule has 1 saturated heterocycles. The predicted octanol–water partition coefficient (Wildman–Crippen LogP) is 0.186. The molecule has 0 aromatic heterocycles. The minimum absolute atomic E-state index is 0.0608. The summed E-state index contributed by atoms with van der Waals surface area (Å²) in [6.45, 7) is 0. The van der Waals surface area contributed by atoms with E-state index < -0.39 is 28.9 Å². The molecule has 8 heteroatoms. The molecule has 2 rings (SSSR count). The summed E-state index contributed by atoms with van der Waals surface area (Å²) in [5.74, 6) is -2.42. The maximum absolute atomic E-state index is 11.6. The topological polar surface area (TPSA) is 110 Å². The van der Waals surface area contributed by atoms with Crippen molar-refractivity contribution in [3.63, 3.8) is 0 Å². The Balaban J connectivity index is 2.38. The van der Waals surface area contributed by atoms with Crippen LogP contribution in [0.5, 0.6) is 5.75 Å². The summed E-state index contributed by atoms with van der Waals surface area (Å²) in [5.41, 5.74) is -2.59. The average Bonchev–Trinajstić information content (AvgIpc) is 2.56. The quantitative estimate of drug-likeness (QED) is 0.270. The number of nitro groups is 1. The van der Waals surface area contributed by atoms with Crippen LogP contribution in [0, 0.1) is 10.1 Å². The molecule has 1 aliphatic heterocycles. The molecular weight excluding hydrogens is 244 g/mol. The van der Waals surface area contributed by atoms with Gasteiger partial charge in [0.1, 0.15) is 12.2 Å². The molecule has 0 radical (unpaired) electrons. The highest BCUT2D eigenvalue weighted by molar-refractivity contribution is 6.05. The molecule has 1 unspecified atom stereocenters. The highest BCUT2D eigenvalue weighted by Gasteiger charge is 2.65. The molecule has 94 valence electrons. The van der Waals surface area contributed by atoms with Crippen molar-refractivity contribution in [3.8, 4) is 5.75 Å². The number of hydrogen-bond donors (Lipinski definition) is 1. The van der Waals surface area contributed by atoms with E-state index in [9.17, 15) is 19.7 Å². The molecule has 1 atom stereocenters. The molecule has 1 aliphatic rings. The van der Waals surface area contributed by atoms with Gasteiger partial charge >= 0.3 is 11.6 Å². The molecule has 0 aliphatic carbocycles. The second-order valence-corrected chi connectivity index (χ2v) is 3.64. The van der Waals surface area contributed by atoms with E-state index in [1.807, 2.05) is 0 Å².